The van der Waals surface area contributed by atoms with Crippen molar-refractivity contribution in [1.82, 2.24) is 9.63 Å². The molecule has 4 heteroatoms. The van der Waals surface area contributed by atoms with Crippen LogP contribution in [0.3, 0.4) is 0 Å². The topological polar surface area (TPSA) is 34.5 Å². The lowest BCUT2D eigenvalue weighted by atomic mass is 10.00. The summed E-state index contributed by atoms with van der Waals surface area (Å²) in [5.41, 5.74) is 2.43. The third kappa shape index (κ3) is 1.97. The van der Waals surface area contributed by atoms with Gasteiger partial charge in [-0.3, -0.25) is 9.63 Å². The lowest BCUT2D eigenvalue weighted by Crippen LogP contribution is -2.19. The molecular formula is C15H18N2O2. The Balaban J connectivity index is 2.03. The van der Waals surface area contributed by atoms with Crippen molar-refractivity contribution in [2.45, 2.75) is 25.5 Å². The Labute approximate surface area is 112 Å². The van der Waals surface area contributed by atoms with Crippen LogP contribution in [0.1, 0.15) is 24.9 Å². The van der Waals surface area contributed by atoms with Gasteiger partial charge < -0.3 is 4.57 Å². The van der Waals surface area contributed by atoms with E-state index in [-0.39, 0.29) is 17.9 Å². The Hall–Kier alpha value is -1.65. The molecule has 0 N–H and O–H groups in total. The largest absolute Gasteiger partial charge is 0.350 e. The summed E-state index contributed by atoms with van der Waals surface area (Å²) >= 11 is 0. The second kappa shape index (κ2) is 4.47. The second-order valence-electron chi connectivity index (χ2n) is 5.21. The molecule has 0 bridgehead atoms. The number of hydroxylamine groups is 2. The summed E-state index contributed by atoms with van der Waals surface area (Å²) < 4.78 is 2.12. The number of carbonyl (C=O) groups is 1. The van der Waals surface area contributed by atoms with Gasteiger partial charge in [0.15, 0.2) is 5.78 Å². The first-order valence-electron chi connectivity index (χ1n) is 6.52. The molecule has 3 rings (SSSR count). The zero-order valence-electron chi connectivity index (χ0n) is 11.5. The first-order chi connectivity index (χ1) is 9.08. The molecule has 1 aromatic heterocycles. The Morgan fingerprint density at radius 1 is 1.32 bits per heavy atom. The van der Waals surface area contributed by atoms with Crippen LogP contribution in [-0.2, 0) is 16.7 Å². The number of fused-ring (bicyclic) bond motifs is 1. The first kappa shape index (κ1) is 12.4. The van der Waals surface area contributed by atoms with Crippen LogP contribution in [0, 0.1) is 0 Å². The van der Waals surface area contributed by atoms with Crippen LogP contribution in [0.2, 0.25) is 0 Å². The minimum atomic E-state index is -0.311. The van der Waals surface area contributed by atoms with Crippen molar-refractivity contribution in [2.24, 2.45) is 7.05 Å². The smallest absolute Gasteiger partial charge is 0.160 e. The fourth-order valence-electron chi connectivity index (χ4n) is 2.87. The van der Waals surface area contributed by atoms with Gasteiger partial charge in [-0.2, -0.15) is 5.06 Å². The van der Waals surface area contributed by atoms with Gasteiger partial charge in [-0.25, -0.2) is 0 Å². The Morgan fingerprint density at radius 2 is 2.05 bits per heavy atom. The van der Waals surface area contributed by atoms with Crippen molar-refractivity contribution in [3.8, 4) is 0 Å². The molecule has 2 heterocycles. The quantitative estimate of drug-likeness (QED) is 0.829. The molecule has 1 fully saturated rings. The zero-order chi connectivity index (χ0) is 13.6. The summed E-state index contributed by atoms with van der Waals surface area (Å²) in [4.78, 5) is 17.1. The maximum atomic E-state index is 11.5. The van der Waals surface area contributed by atoms with E-state index in [1.54, 1.807) is 6.92 Å². The number of aryl methyl sites for hydroxylation is 1. The van der Waals surface area contributed by atoms with Gasteiger partial charge in [0.05, 0.1) is 6.04 Å². The van der Waals surface area contributed by atoms with E-state index in [0.29, 0.717) is 0 Å². The number of nitrogens with zero attached hydrogens (tertiary/aromatic N) is 2. The summed E-state index contributed by atoms with van der Waals surface area (Å²) in [7, 11) is 3.94. The highest BCUT2D eigenvalue weighted by Crippen LogP contribution is 2.37. The van der Waals surface area contributed by atoms with Crippen LogP contribution < -0.4 is 0 Å². The Bertz CT molecular complexity index is 632. The summed E-state index contributed by atoms with van der Waals surface area (Å²) in [5.74, 6) is 0.0922. The van der Waals surface area contributed by atoms with Crippen molar-refractivity contribution in [3.05, 3.63) is 36.0 Å². The lowest BCUT2D eigenvalue weighted by Gasteiger charge is -2.16. The molecule has 1 aliphatic heterocycles. The van der Waals surface area contributed by atoms with E-state index in [0.717, 1.165) is 6.42 Å². The van der Waals surface area contributed by atoms with E-state index < -0.39 is 0 Å². The van der Waals surface area contributed by atoms with Crippen molar-refractivity contribution in [3.63, 3.8) is 0 Å². The van der Waals surface area contributed by atoms with E-state index in [2.05, 4.69) is 22.9 Å². The monoisotopic (exact) mass is 258 g/mol. The van der Waals surface area contributed by atoms with Gasteiger partial charge in [0.2, 0.25) is 0 Å². The molecule has 4 nitrogen and oxygen atoms in total. The number of rotatable bonds is 2. The van der Waals surface area contributed by atoms with Gasteiger partial charge in [-0.15, -0.1) is 0 Å². The van der Waals surface area contributed by atoms with Crippen LogP contribution in [0.25, 0.3) is 10.9 Å². The second-order valence-corrected chi connectivity index (χ2v) is 5.21. The number of para-hydroxylation sites is 1. The highest BCUT2D eigenvalue weighted by atomic mass is 16.7. The molecule has 19 heavy (non-hydrogen) atoms. The van der Waals surface area contributed by atoms with E-state index in [4.69, 9.17) is 4.84 Å². The molecule has 2 aromatic rings. The number of benzene rings is 1. The van der Waals surface area contributed by atoms with Crippen molar-refractivity contribution in [2.75, 3.05) is 7.05 Å². The van der Waals surface area contributed by atoms with Gasteiger partial charge in [-0.05, 0) is 18.6 Å². The summed E-state index contributed by atoms with van der Waals surface area (Å²) in [5, 5.41) is 3.04. The summed E-state index contributed by atoms with van der Waals surface area (Å²) in [6.07, 6.45) is 2.55. The number of carbonyl (C=O) groups excluding carboxylic acids is 1. The fourth-order valence-corrected chi connectivity index (χ4v) is 2.87. The molecule has 1 saturated heterocycles. The molecule has 100 valence electrons. The molecule has 0 radical (unpaired) electrons. The standard InChI is InChI=1S/C15H18N2O2/c1-10(18)15-8-14(17(3)19-15)12-9-16(2)13-7-5-4-6-11(12)13/h4-7,9,14-15H,8H2,1-3H3/t14-,15-/m1/s1. The molecular weight excluding hydrogens is 240 g/mol. The molecule has 1 aliphatic rings. The number of Topliss-reactive ketones (excluding diaryl/α,β-unsaturated/α-hetero) is 1. The molecule has 1 aromatic carbocycles. The predicted molar refractivity (Wildman–Crippen MR) is 73.6 cm³/mol. The summed E-state index contributed by atoms with van der Waals surface area (Å²) in [6, 6.07) is 8.46. The molecule has 2 atom stereocenters. The van der Waals surface area contributed by atoms with Gasteiger partial charge >= 0.3 is 0 Å². The van der Waals surface area contributed by atoms with E-state index in [1.807, 2.05) is 31.3 Å². The van der Waals surface area contributed by atoms with E-state index in [9.17, 15) is 4.79 Å². The maximum Gasteiger partial charge on any atom is 0.160 e. The van der Waals surface area contributed by atoms with Crippen LogP contribution in [0.5, 0.6) is 0 Å². The molecule has 0 saturated carbocycles. The van der Waals surface area contributed by atoms with E-state index in [1.165, 1.54) is 16.5 Å². The third-order valence-corrected chi connectivity index (χ3v) is 3.91. The summed E-state index contributed by atoms with van der Waals surface area (Å²) in [6.45, 7) is 1.59. The molecule has 0 amide bonds. The SMILES string of the molecule is CC(=O)[C@H]1C[C@H](c2cn(C)c3ccccc23)N(C)O1. The van der Waals surface area contributed by atoms with Crippen LogP contribution >= 0.6 is 0 Å². The van der Waals surface area contributed by atoms with Crippen LogP contribution in [-0.4, -0.2) is 28.6 Å². The van der Waals surface area contributed by atoms with Gasteiger partial charge in [0.25, 0.3) is 0 Å². The molecule has 0 aliphatic carbocycles. The Kier molecular flexibility index (Phi) is 2.92. The average Bonchev–Trinajstić information content (AvgIpc) is 2.92. The van der Waals surface area contributed by atoms with Crippen molar-refractivity contribution >= 4 is 16.7 Å². The maximum absolute atomic E-state index is 11.5. The average molecular weight is 258 g/mol. The molecule has 0 unspecified atom stereocenters. The normalized spacial score (nSPS) is 24.2. The number of aromatic nitrogens is 1. The van der Waals surface area contributed by atoms with E-state index >= 15 is 0 Å². The predicted octanol–water partition coefficient (Wildman–Crippen LogP) is 2.44. The Morgan fingerprint density at radius 3 is 2.74 bits per heavy atom. The third-order valence-electron chi connectivity index (χ3n) is 3.91. The van der Waals surface area contributed by atoms with Gasteiger partial charge in [0, 0.05) is 37.6 Å². The minimum Gasteiger partial charge on any atom is -0.350 e. The highest BCUT2D eigenvalue weighted by molar-refractivity contribution is 5.85. The van der Waals surface area contributed by atoms with Crippen molar-refractivity contribution < 1.29 is 9.63 Å². The van der Waals surface area contributed by atoms with Gasteiger partial charge in [-0.1, -0.05) is 18.2 Å². The lowest BCUT2D eigenvalue weighted by molar-refractivity contribution is -0.160. The molecule has 0 spiro atoms. The van der Waals surface area contributed by atoms with Gasteiger partial charge in [0.1, 0.15) is 6.10 Å². The van der Waals surface area contributed by atoms with Crippen LogP contribution in [0.4, 0.5) is 0 Å². The zero-order valence-corrected chi connectivity index (χ0v) is 11.5. The van der Waals surface area contributed by atoms with Crippen LogP contribution in [0.15, 0.2) is 30.5 Å². The first-order valence-corrected chi connectivity index (χ1v) is 6.52. The fraction of sp³-hybridized carbons (Fsp3) is 0.400. The highest BCUT2D eigenvalue weighted by Gasteiger charge is 2.35. The number of hydrogen-bond donors (Lipinski definition) is 0. The minimum absolute atomic E-state index is 0.0922. The number of ketones is 1. The number of hydrogen-bond acceptors (Lipinski definition) is 3. The van der Waals surface area contributed by atoms with Crippen molar-refractivity contribution in [1.29, 1.82) is 0 Å².